The van der Waals surface area contributed by atoms with Crippen LogP contribution in [0.4, 0.5) is 0 Å². The molecule has 0 radical (unpaired) electrons. The van der Waals surface area contributed by atoms with E-state index in [0.29, 0.717) is 6.42 Å². The first kappa shape index (κ1) is 16.8. The molecule has 2 N–H and O–H groups in total. The zero-order valence-corrected chi connectivity index (χ0v) is 15.4. The highest BCUT2D eigenvalue weighted by Crippen LogP contribution is 2.32. The van der Waals surface area contributed by atoms with Crippen LogP contribution in [0.15, 0.2) is 24.4 Å². The van der Waals surface area contributed by atoms with E-state index >= 15 is 0 Å². The van der Waals surface area contributed by atoms with Crippen LogP contribution in [0.1, 0.15) is 24.1 Å². The molecule has 2 saturated heterocycles. The van der Waals surface area contributed by atoms with Crippen molar-refractivity contribution in [3.63, 3.8) is 0 Å². The van der Waals surface area contributed by atoms with Gasteiger partial charge in [-0.1, -0.05) is 0 Å². The smallest absolute Gasteiger partial charge is 0.220 e. The molecular weight excluding hydrogens is 334 g/mol. The first-order chi connectivity index (χ1) is 12.1. The Morgan fingerprint density at radius 3 is 3.04 bits per heavy atom. The molecule has 25 heavy (non-hydrogen) atoms. The molecule has 0 saturated carbocycles. The number of H-pyrrole nitrogens is 1. The summed E-state index contributed by atoms with van der Waals surface area (Å²) in [4.78, 5) is 19.4. The van der Waals surface area contributed by atoms with Crippen LogP contribution in [0.5, 0.6) is 0 Å². The molecule has 1 spiro atoms. The molecule has 4 rings (SSSR count). The van der Waals surface area contributed by atoms with Gasteiger partial charge in [0.15, 0.2) is 0 Å². The van der Waals surface area contributed by atoms with Gasteiger partial charge in [-0.25, -0.2) is 0 Å². The number of aromatic nitrogens is 2. The lowest BCUT2D eigenvalue weighted by Crippen LogP contribution is -2.60. The van der Waals surface area contributed by atoms with Gasteiger partial charge in [-0.2, -0.15) is 5.10 Å². The summed E-state index contributed by atoms with van der Waals surface area (Å²) in [5.41, 5.74) is 1.21. The number of aromatic amines is 1. The summed E-state index contributed by atoms with van der Waals surface area (Å²) < 4.78 is 0. The number of rotatable bonds is 3. The highest BCUT2D eigenvalue weighted by molar-refractivity contribution is 7.15. The molecule has 1 amide bonds. The van der Waals surface area contributed by atoms with Gasteiger partial charge in [-0.05, 0) is 38.1 Å². The van der Waals surface area contributed by atoms with E-state index in [1.54, 1.807) is 6.20 Å². The zero-order valence-electron chi connectivity index (χ0n) is 14.6. The van der Waals surface area contributed by atoms with Crippen molar-refractivity contribution < 1.29 is 4.79 Å². The molecule has 2 aromatic rings. The first-order valence-corrected chi connectivity index (χ1v) is 9.75. The van der Waals surface area contributed by atoms with Crippen molar-refractivity contribution in [2.75, 3.05) is 33.2 Å². The number of carbonyl (C=O) groups is 1. The van der Waals surface area contributed by atoms with Crippen LogP contribution in [0.2, 0.25) is 0 Å². The van der Waals surface area contributed by atoms with E-state index in [0.717, 1.165) is 51.3 Å². The van der Waals surface area contributed by atoms with Gasteiger partial charge in [0.05, 0.1) is 10.6 Å². The molecule has 7 heteroatoms. The van der Waals surface area contributed by atoms with Gasteiger partial charge in [0.25, 0.3) is 0 Å². The number of nitrogens with one attached hydrogen (secondary N) is 2. The standard InChI is InChI=1S/C18H25N5OS/c1-22-10-11-23(13-18(22)6-4-17(24)19-9-7-18)12-14-2-3-16(25-14)15-5-8-20-21-15/h2-3,5,8H,4,6-7,9-13H2,1H3,(H,19,24)(H,20,21). The summed E-state index contributed by atoms with van der Waals surface area (Å²) in [6.07, 6.45) is 4.42. The molecule has 2 aliphatic rings. The first-order valence-electron chi connectivity index (χ1n) is 8.93. The number of hydrogen-bond donors (Lipinski definition) is 2. The summed E-state index contributed by atoms with van der Waals surface area (Å²) in [6, 6.07) is 6.41. The van der Waals surface area contributed by atoms with Crippen molar-refractivity contribution in [3.05, 3.63) is 29.3 Å². The third-order valence-electron chi connectivity index (χ3n) is 5.62. The maximum Gasteiger partial charge on any atom is 0.220 e. The summed E-state index contributed by atoms with van der Waals surface area (Å²) >= 11 is 1.83. The number of piperazine rings is 1. The second-order valence-electron chi connectivity index (χ2n) is 7.19. The molecule has 6 nitrogen and oxygen atoms in total. The highest BCUT2D eigenvalue weighted by Gasteiger charge is 2.40. The van der Waals surface area contributed by atoms with Crippen LogP contribution < -0.4 is 5.32 Å². The summed E-state index contributed by atoms with van der Waals surface area (Å²) in [6.45, 7) is 4.95. The molecule has 134 valence electrons. The van der Waals surface area contributed by atoms with Crippen molar-refractivity contribution in [3.8, 4) is 10.6 Å². The van der Waals surface area contributed by atoms with Crippen LogP contribution in [0.25, 0.3) is 10.6 Å². The van der Waals surface area contributed by atoms with Gasteiger partial charge in [0.2, 0.25) is 5.91 Å². The van der Waals surface area contributed by atoms with Crippen LogP contribution in [-0.2, 0) is 11.3 Å². The van der Waals surface area contributed by atoms with Crippen LogP contribution in [0, 0.1) is 0 Å². The lowest BCUT2D eigenvalue weighted by atomic mass is 9.86. The Morgan fingerprint density at radius 1 is 1.28 bits per heavy atom. The van der Waals surface area contributed by atoms with Gasteiger partial charge >= 0.3 is 0 Å². The minimum Gasteiger partial charge on any atom is -0.356 e. The number of likely N-dealkylation sites (N-methyl/N-ethyl adjacent to an activating group) is 1. The van der Waals surface area contributed by atoms with Gasteiger partial charge < -0.3 is 5.32 Å². The van der Waals surface area contributed by atoms with Crippen molar-refractivity contribution in [1.82, 2.24) is 25.3 Å². The molecule has 0 bridgehead atoms. The van der Waals surface area contributed by atoms with Gasteiger partial charge in [-0.15, -0.1) is 11.3 Å². The molecule has 4 heterocycles. The van der Waals surface area contributed by atoms with Crippen LogP contribution >= 0.6 is 11.3 Å². The Labute approximate surface area is 152 Å². The van der Waals surface area contributed by atoms with E-state index < -0.39 is 0 Å². The number of amides is 1. The van der Waals surface area contributed by atoms with E-state index in [4.69, 9.17) is 0 Å². The molecule has 2 aliphatic heterocycles. The molecule has 1 atom stereocenters. The van der Waals surface area contributed by atoms with E-state index in [1.807, 2.05) is 17.4 Å². The predicted octanol–water partition coefficient (Wildman–Crippen LogP) is 1.92. The Balaban J connectivity index is 1.45. The van der Waals surface area contributed by atoms with E-state index in [9.17, 15) is 4.79 Å². The maximum atomic E-state index is 11.8. The van der Waals surface area contributed by atoms with Gasteiger partial charge in [0.1, 0.15) is 0 Å². The number of thiophene rings is 1. The monoisotopic (exact) mass is 359 g/mol. The van der Waals surface area contributed by atoms with Gasteiger partial charge in [0, 0.05) is 55.8 Å². The fourth-order valence-corrected chi connectivity index (χ4v) is 5.06. The Hall–Kier alpha value is -1.70. The second kappa shape index (κ2) is 6.90. The van der Waals surface area contributed by atoms with Crippen molar-refractivity contribution in [2.45, 2.75) is 31.3 Å². The number of hydrogen-bond acceptors (Lipinski definition) is 5. The Morgan fingerprint density at radius 2 is 2.20 bits per heavy atom. The van der Waals surface area contributed by atoms with Crippen molar-refractivity contribution in [2.24, 2.45) is 0 Å². The second-order valence-corrected chi connectivity index (χ2v) is 8.36. The maximum absolute atomic E-state index is 11.8. The summed E-state index contributed by atoms with van der Waals surface area (Å²) in [5, 5.41) is 10.1. The largest absolute Gasteiger partial charge is 0.356 e. The SMILES string of the molecule is CN1CCN(Cc2ccc(-c3ccn[nH]3)s2)CC12CCNC(=O)CC2. The topological polar surface area (TPSA) is 64.3 Å². The minimum absolute atomic E-state index is 0.126. The highest BCUT2D eigenvalue weighted by atomic mass is 32.1. The number of nitrogens with zero attached hydrogens (tertiary/aromatic N) is 3. The minimum atomic E-state index is 0.126. The lowest BCUT2D eigenvalue weighted by Gasteiger charge is -2.49. The van der Waals surface area contributed by atoms with Crippen LogP contribution in [-0.4, -0.2) is 64.7 Å². The fraction of sp³-hybridized carbons (Fsp3) is 0.556. The molecular formula is C18H25N5OS. The third kappa shape index (κ3) is 3.49. The average Bonchev–Trinajstić information content (AvgIpc) is 3.24. The molecule has 2 aromatic heterocycles. The predicted molar refractivity (Wildman–Crippen MR) is 99.4 cm³/mol. The van der Waals surface area contributed by atoms with Crippen molar-refractivity contribution in [1.29, 1.82) is 0 Å². The average molecular weight is 359 g/mol. The molecule has 0 aromatic carbocycles. The quantitative estimate of drug-likeness (QED) is 0.879. The molecule has 0 aliphatic carbocycles. The van der Waals surface area contributed by atoms with Crippen LogP contribution in [0.3, 0.4) is 0 Å². The lowest BCUT2D eigenvalue weighted by molar-refractivity contribution is -0.121. The summed E-state index contributed by atoms with van der Waals surface area (Å²) in [5.74, 6) is 0.199. The Bertz CT molecular complexity index is 728. The number of carbonyl (C=O) groups excluding carboxylic acids is 1. The Kier molecular flexibility index (Phi) is 4.62. The van der Waals surface area contributed by atoms with Crippen molar-refractivity contribution >= 4 is 17.2 Å². The van der Waals surface area contributed by atoms with Gasteiger partial charge in [-0.3, -0.25) is 19.7 Å². The fourth-order valence-electron chi connectivity index (χ4n) is 4.03. The van der Waals surface area contributed by atoms with E-state index in [-0.39, 0.29) is 11.4 Å². The van der Waals surface area contributed by atoms with E-state index in [2.05, 4.69) is 44.5 Å². The normalized spacial score (nSPS) is 25.9. The molecule has 2 fully saturated rings. The van der Waals surface area contributed by atoms with E-state index in [1.165, 1.54) is 9.75 Å². The summed E-state index contributed by atoms with van der Waals surface area (Å²) in [7, 11) is 2.22. The zero-order chi connectivity index (χ0) is 17.3. The third-order valence-corrected chi connectivity index (χ3v) is 6.72. The molecule has 1 unspecified atom stereocenters.